The molecule has 0 fully saturated rings. The maximum atomic E-state index is 10.7. The lowest BCUT2D eigenvalue weighted by Crippen LogP contribution is -2.24. The number of furan rings is 1. The molecule has 3 aromatic rings. The van der Waals surface area contributed by atoms with Crippen molar-refractivity contribution in [2.45, 2.75) is 13.8 Å². The molecule has 1 aromatic heterocycles. The molecule has 5 heteroatoms. The second-order valence-electron chi connectivity index (χ2n) is 4.94. The van der Waals surface area contributed by atoms with Crippen LogP contribution in [0.2, 0.25) is 0 Å². The Labute approximate surface area is 121 Å². The minimum absolute atomic E-state index is 0.685. The van der Waals surface area contributed by atoms with E-state index < -0.39 is 6.03 Å². The number of aryl methyl sites for hydroxylation is 2. The normalized spacial score (nSPS) is 11.5. The zero-order chi connectivity index (χ0) is 15.0. The first kappa shape index (κ1) is 13.2. The van der Waals surface area contributed by atoms with Crippen molar-refractivity contribution < 1.29 is 9.21 Å². The van der Waals surface area contributed by atoms with Crippen LogP contribution in [0.15, 0.2) is 39.9 Å². The van der Waals surface area contributed by atoms with Gasteiger partial charge in [0.05, 0.1) is 6.21 Å². The molecule has 0 aliphatic carbocycles. The molecule has 21 heavy (non-hydrogen) atoms. The van der Waals surface area contributed by atoms with Crippen LogP contribution in [0.4, 0.5) is 4.79 Å². The Balaban J connectivity index is 2.24. The monoisotopic (exact) mass is 281 g/mol. The van der Waals surface area contributed by atoms with Crippen molar-refractivity contribution in [3.05, 3.63) is 47.0 Å². The zero-order valence-electron chi connectivity index (χ0n) is 11.8. The van der Waals surface area contributed by atoms with Crippen LogP contribution in [0.3, 0.4) is 0 Å². The van der Waals surface area contributed by atoms with Gasteiger partial charge in [0.15, 0.2) is 0 Å². The predicted octanol–water partition coefficient (Wildman–Crippen LogP) is 3.21. The van der Waals surface area contributed by atoms with Crippen LogP contribution in [0, 0.1) is 13.8 Å². The zero-order valence-corrected chi connectivity index (χ0v) is 11.8. The molecule has 2 aromatic carbocycles. The fourth-order valence-electron chi connectivity index (χ4n) is 2.55. The molecule has 0 aliphatic heterocycles. The second-order valence-corrected chi connectivity index (χ2v) is 4.94. The molecule has 3 N–H and O–H groups in total. The average molecular weight is 281 g/mol. The number of nitrogens with one attached hydrogen (secondary N) is 1. The van der Waals surface area contributed by atoms with Crippen LogP contribution in [-0.2, 0) is 0 Å². The molecule has 0 saturated carbocycles. The molecule has 0 spiro atoms. The summed E-state index contributed by atoms with van der Waals surface area (Å²) in [5, 5.41) is 5.98. The lowest BCUT2D eigenvalue weighted by molar-refractivity contribution is 0.249. The molecular formula is C16H15N3O2. The predicted molar refractivity (Wildman–Crippen MR) is 83.5 cm³/mol. The maximum Gasteiger partial charge on any atom is 0.332 e. The molecule has 3 rings (SSSR count). The summed E-state index contributed by atoms with van der Waals surface area (Å²) in [7, 11) is 0. The third-order valence-corrected chi connectivity index (χ3v) is 3.51. The van der Waals surface area contributed by atoms with Crippen molar-refractivity contribution in [2.24, 2.45) is 10.8 Å². The van der Waals surface area contributed by atoms with Gasteiger partial charge in [0.2, 0.25) is 0 Å². The fourth-order valence-corrected chi connectivity index (χ4v) is 2.55. The van der Waals surface area contributed by atoms with Crippen molar-refractivity contribution in [3.63, 3.8) is 0 Å². The molecule has 0 saturated heterocycles. The average Bonchev–Trinajstić information content (AvgIpc) is 2.84. The third-order valence-electron chi connectivity index (χ3n) is 3.51. The Bertz CT molecular complexity index is 878. The molecule has 0 aliphatic rings. The highest BCUT2D eigenvalue weighted by Gasteiger charge is 2.13. The Morgan fingerprint density at radius 1 is 1.33 bits per heavy atom. The number of carbonyl (C=O) groups is 1. The van der Waals surface area contributed by atoms with Gasteiger partial charge >= 0.3 is 6.03 Å². The number of fused-ring (bicyclic) bond motifs is 3. The van der Waals surface area contributed by atoms with Crippen LogP contribution < -0.4 is 11.2 Å². The van der Waals surface area contributed by atoms with Gasteiger partial charge in [-0.3, -0.25) is 0 Å². The fraction of sp³-hybridized carbons (Fsp3) is 0.125. The largest absolute Gasteiger partial charge is 0.456 e. The molecule has 0 atom stereocenters. The summed E-state index contributed by atoms with van der Waals surface area (Å²) in [6.45, 7) is 4.00. The topological polar surface area (TPSA) is 80.6 Å². The summed E-state index contributed by atoms with van der Waals surface area (Å²) in [6, 6.07) is 9.23. The Morgan fingerprint density at radius 2 is 2.10 bits per heavy atom. The highest BCUT2D eigenvalue weighted by atomic mass is 16.3. The van der Waals surface area contributed by atoms with Gasteiger partial charge in [0, 0.05) is 10.8 Å². The second kappa shape index (κ2) is 4.94. The summed E-state index contributed by atoms with van der Waals surface area (Å²) in [5.74, 6) is 0. The minimum atomic E-state index is -0.685. The van der Waals surface area contributed by atoms with E-state index in [-0.39, 0.29) is 0 Å². The third kappa shape index (κ3) is 2.23. The highest BCUT2D eigenvalue weighted by Crippen LogP contribution is 2.34. The van der Waals surface area contributed by atoms with E-state index in [4.69, 9.17) is 10.2 Å². The number of benzene rings is 2. The maximum absolute atomic E-state index is 10.7. The van der Waals surface area contributed by atoms with E-state index in [0.29, 0.717) is 0 Å². The van der Waals surface area contributed by atoms with E-state index in [1.54, 1.807) is 6.21 Å². The van der Waals surface area contributed by atoms with Crippen LogP contribution >= 0.6 is 0 Å². The first-order valence-corrected chi connectivity index (χ1v) is 6.58. The van der Waals surface area contributed by atoms with Crippen molar-refractivity contribution in [1.29, 1.82) is 0 Å². The first-order valence-electron chi connectivity index (χ1n) is 6.58. The van der Waals surface area contributed by atoms with Crippen molar-refractivity contribution in [2.75, 3.05) is 0 Å². The van der Waals surface area contributed by atoms with E-state index in [2.05, 4.69) is 10.5 Å². The molecule has 1 heterocycles. The number of amides is 2. The smallest absolute Gasteiger partial charge is 0.332 e. The van der Waals surface area contributed by atoms with Crippen molar-refractivity contribution >= 4 is 34.2 Å². The summed E-state index contributed by atoms with van der Waals surface area (Å²) >= 11 is 0. The number of nitrogens with two attached hydrogens (primary N) is 1. The van der Waals surface area contributed by atoms with Crippen LogP contribution in [-0.4, -0.2) is 12.2 Å². The number of rotatable bonds is 2. The van der Waals surface area contributed by atoms with Gasteiger partial charge in [-0.2, -0.15) is 5.10 Å². The summed E-state index contributed by atoms with van der Waals surface area (Å²) in [5.41, 5.74) is 11.9. The van der Waals surface area contributed by atoms with Gasteiger partial charge in [0.1, 0.15) is 11.2 Å². The molecule has 0 bridgehead atoms. The molecular weight excluding hydrogens is 266 g/mol. The lowest BCUT2D eigenvalue weighted by Gasteiger charge is -2.04. The van der Waals surface area contributed by atoms with Crippen molar-refractivity contribution in [3.8, 4) is 0 Å². The number of primary amides is 1. The summed E-state index contributed by atoms with van der Waals surface area (Å²) in [4.78, 5) is 10.7. The van der Waals surface area contributed by atoms with E-state index in [9.17, 15) is 4.79 Å². The van der Waals surface area contributed by atoms with Gasteiger partial charge in [-0.05, 0) is 42.7 Å². The molecule has 0 unspecified atom stereocenters. The van der Waals surface area contributed by atoms with E-state index >= 15 is 0 Å². The lowest BCUT2D eigenvalue weighted by atomic mass is 9.99. The van der Waals surface area contributed by atoms with E-state index in [1.807, 2.05) is 44.2 Å². The Hall–Kier alpha value is -2.82. The minimum Gasteiger partial charge on any atom is -0.456 e. The molecule has 0 radical (unpaired) electrons. The van der Waals surface area contributed by atoms with E-state index in [1.165, 1.54) is 0 Å². The van der Waals surface area contributed by atoms with Gasteiger partial charge in [-0.1, -0.05) is 18.2 Å². The van der Waals surface area contributed by atoms with Crippen LogP contribution in [0.1, 0.15) is 16.7 Å². The number of hydrogen-bond acceptors (Lipinski definition) is 3. The number of hydrazone groups is 1. The van der Waals surface area contributed by atoms with Crippen molar-refractivity contribution in [1.82, 2.24) is 5.43 Å². The van der Waals surface area contributed by atoms with Gasteiger partial charge in [0.25, 0.3) is 0 Å². The highest BCUT2D eigenvalue weighted by molar-refractivity contribution is 6.10. The number of carbonyl (C=O) groups excluding carboxylic acids is 1. The Morgan fingerprint density at radius 3 is 2.86 bits per heavy atom. The molecule has 106 valence electrons. The first-order chi connectivity index (χ1) is 10.1. The molecule has 5 nitrogen and oxygen atoms in total. The number of urea groups is 1. The summed E-state index contributed by atoms with van der Waals surface area (Å²) in [6.07, 6.45) is 1.59. The van der Waals surface area contributed by atoms with Crippen LogP contribution in [0.5, 0.6) is 0 Å². The molecule has 2 amide bonds. The standard InChI is InChI=1S/C16H15N3O2/c1-9-7-11(8-18-19-16(17)20)10(2)14-12-5-3-4-6-13(12)21-15(9)14/h3-8H,1-2H3,(H3,17,19,20). The van der Waals surface area contributed by atoms with Gasteiger partial charge in [-0.15, -0.1) is 0 Å². The Kier molecular flexibility index (Phi) is 3.10. The van der Waals surface area contributed by atoms with Crippen LogP contribution in [0.25, 0.3) is 21.9 Å². The SMILES string of the molecule is Cc1cc(C=NNC(N)=O)c(C)c2c1oc1ccccc12. The van der Waals surface area contributed by atoms with Gasteiger partial charge in [-0.25, -0.2) is 10.2 Å². The quantitative estimate of drug-likeness (QED) is 0.558. The van der Waals surface area contributed by atoms with E-state index in [0.717, 1.165) is 38.6 Å². The number of para-hydroxylation sites is 1. The van der Waals surface area contributed by atoms with Gasteiger partial charge < -0.3 is 10.2 Å². The summed E-state index contributed by atoms with van der Waals surface area (Å²) < 4.78 is 5.93. The number of hydrogen-bond donors (Lipinski definition) is 2. The number of nitrogens with zero attached hydrogens (tertiary/aromatic N) is 1.